The van der Waals surface area contributed by atoms with Crippen molar-refractivity contribution < 1.29 is 14.6 Å². The molecule has 0 aliphatic heterocycles. The van der Waals surface area contributed by atoms with E-state index in [0.717, 1.165) is 24.8 Å². The van der Waals surface area contributed by atoms with E-state index in [0.29, 0.717) is 13.0 Å². The molecule has 0 aromatic heterocycles. The molecule has 4 heteroatoms. The van der Waals surface area contributed by atoms with E-state index in [1.54, 1.807) is 24.3 Å². The van der Waals surface area contributed by atoms with E-state index in [9.17, 15) is 9.90 Å². The minimum atomic E-state index is -0.658. The maximum atomic E-state index is 12.0. The number of carbonyl (C=O) groups is 1. The van der Waals surface area contributed by atoms with Gasteiger partial charge in [0.1, 0.15) is 11.8 Å². The van der Waals surface area contributed by atoms with Crippen molar-refractivity contribution in [3.05, 3.63) is 54.1 Å². The van der Waals surface area contributed by atoms with Gasteiger partial charge in [-0.15, -0.1) is 0 Å². The molecule has 0 unspecified atom stereocenters. The first kappa shape index (κ1) is 27.0. The van der Waals surface area contributed by atoms with Crippen molar-refractivity contribution >= 4 is 5.97 Å². The number of rotatable bonds is 18. The summed E-state index contributed by atoms with van der Waals surface area (Å²) in [6, 6.07) is 6.07. The maximum Gasteiger partial charge on any atom is 0.323 e. The lowest BCUT2D eigenvalue weighted by Crippen LogP contribution is -2.34. The fourth-order valence-corrected chi connectivity index (χ4v) is 3.34. The topological polar surface area (TPSA) is 72.5 Å². The van der Waals surface area contributed by atoms with Gasteiger partial charge in [-0.25, -0.2) is 0 Å². The molecule has 0 bridgehead atoms. The van der Waals surface area contributed by atoms with Crippen LogP contribution in [0.3, 0.4) is 0 Å². The van der Waals surface area contributed by atoms with Crippen molar-refractivity contribution in [2.24, 2.45) is 5.73 Å². The van der Waals surface area contributed by atoms with Gasteiger partial charge in [0.15, 0.2) is 0 Å². The molecule has 1 atom stereocenters. The first-order chi connectivity index (χ1) is 15.1. The molecular weight excluding hydrogens is 386 g/mol. The van der Waals surface area contributed by atoms with Crippen molar-refractivity contribution in [2.75, 3.05) is 6.61 Å². The van der Waals surface area contributed by atoms with Gasteiger partial charge in [-0.3, -0.25) is 4.79 Å². The van der Waals surface area contributed by atoms with Gasteiger partial charge >= 0.3 is 5.97 Å². The molecule has 0 spiro atoms. The van der Waals surface area contributed by atoms with Crippen LogP contribution in [-0.2, 0) is 16.0 Å². The molecular formula is C27H43NO3. The first-order valence-corrected chi connectivity index (χ1v) is 12.1. The maximum absolute atomic E-state index is 12.0. The van der Waals surface area contributed by atoms with Crippen LogP contribution in [0.25, 0.3) is 0 Å². The summed E-state index contributed by atoms with van der Waals surface area (Å²) >= 11 is 0. The second-order valence-corrected chi connectivity index (χ2v) is 8.23. The van der Waals surface area contributed by atoms with Crippen LogP contribution in [0, 0.1) is 0 Å². The van der Waals surface area contributed by atoms with Crippen LogP contribution in [0.4, 0.5) is 0 Å². The van der Waals surface area contributed by atoms with Crippen molar-refractivity contribution in [1.82, 2.24) is 0 Å². The van der Waals surface area contributed by atoms with E-state index in [-0.39, 0.29) is 11.7 Å². The highest BCUT2D eigenvalue weighted by Crippen LogP contribution is 2.12. The number of esters is 1. The van der Waals surface area contributed by atoms with Crippen molar-refractivity contribution in [2.45, 2.75) is 96.4 Å². The third-order valence-corrected chi connectivity index (χ3v) is 5.28. The van der Waals surface area contributed by atoms with Crippen LogP contribution in [0.2, 0.25) is 0 Å². The van der Waals surface area contributed by atoms with E-state index in [1.165, 1.54) is 57.8 Å². The smallest absolute Gasteiger partial charge is 0.323 e. The molecule has 0 aliphatic carbocycles. The van der Waals surface area contributed by atoms with E-state index in [4.69, 9.17) is 10.5 Å². The van der Waals surface area contributed by atoms with Crippen molar-refractivity contribution in [3.63, 3.8) is 0 Å². The molecule has 0 saturated heterocycles. The van der Waals surface area contributed by atoms with E-state index >= 15 is 0 Å². The quantitative estimate of drug-likeness (QED) is 0.156. The average Bonchev–Trinajstić information content (AvgIpc) is 2.77. The number of nitrogens with two attached hydrogens (primary N) is 1. The summed E-state index contributed by atoms with van der Waals surface area (Å²) in [6.07, 6.45) is 23.9. The Morgan fingerprint density at radius 2 is 1.48 bits per heavy atom. The van der Waals surface area contributed by atoms with Crippen LogP contribution in [-0.4, -0.2) is 23.7 Å². The monoisotopic (exact) mass is 429 g/mol. The number of phenols is 1. The average molecular weight is 430 g/mol. The zero-order valence-corrected chi connectivity index (χ0v) is 19.4. The van der Waals surface area contributed by atoms with Crippen LogP contribution in [0.1, 0.15) is 89.5 Å². The molecule has 0 saturated carbocycles. The molecule has 0 fully saturated rings. The Labute approximate surface area is 189 Å². The standard InChI is InChI=1S/C27H43NO3/c1-2-3-4-5-6-7-8-9-10-11-12-13-14-15-16-17-22-31-27(30)26(28)23-24-18-20-25(29)21-19-24/h6-7,9-10,18-21,26,29H,2-5,8,11-17,22-23,28H2,1H3/t26-/m0/s1. The molecule has 4 nitrogen and oxygen atoms in total. The van der Waals surface area contributed by atoms with Gasteiger partial charge < -0.3 is 15.6 Å². The van der Waals surface area contributed by atoms with Crippen molar-refractivity contribution in [1.29, 1.82) is 0 Å². The summed E-state index contributed by atoms with van der Waals surface area (Å²) in [5.41, 5.74) is 6.83. The second-order valence-electron chi connectivity index (χ2n) is 8.23. The zero-order chi connectivity index (χ0) is 22.6. The molecule has 0 heterocycles. The molecule has 31 heavy (non-hydrogen) atoms. The van der Waals surface area contributed by atoms with Gasteiger partial charge in [0, 0.05) is 0 Å². The number of hydrogen-bond donors (Lipinski definition) is 2. The SMILES string of the molecule is CCCCCC=CCC=CCCCCCCCCOC(=O)[C@@H](N)Cc1ccc(O)cc1. The lowest BCUT2D eigenvalue weighted by Gasteiger charge is -2.11. The predicted molar refractivity (Wildman–Crippen MR) is 130 cm³/mol. The minimum Gasteiger partial charge on any atom is -0.508 e. The molecule has 174 valence electrons. The predicted octanol–water partition coefficient (Wildman–Crippen LogP) is 6.62. The summed E-state index contributed by atoms with van der Waals surface area (Å²) < 4.78 is 5.29. The van der Waals surface area contributed by atoms with Crippen molar-refractivity contribution in [3.8, 4) is 5.75 Å². The molecule has 1 aromatic carbocycles. The van der Waals surface area contributed by atoms with Gasteiger partial charge in [0.2, 0.25) is 0 Å². The fourth-order valence-electron chi connectivity index (χ4n) is 3.34. The van der Waals surface area contributed by atoms with Gasteiger partial charge in [0.05, 0.1) is 6.61 Å². The number of benzene rings is 1. The summed E-state index contributed by atoms with van der Waals surface area (Å²) in [6.45, 7) is 2.68. The molecule has 1 aromatic rings. The van der Waals surface area contributed by atoms with Crippen LogP contribution >= 0.6 is 0 Å². The number of phenolic OH excluding ortho intramolecular Hbond substituents is 1. The Hall–Kier alpha value is -2.07. The van der Waals surface area contributed by atoms with Crippen LogP contribution in [0.15, 0.2) is 48.6 Å². The summed E-state index contributed by atoms with van der Waals surface area (Å²) in [7, 11) is 0. The van der Waals surface area contributed by atoms with E-state index in [2.05, 4.69) is 31.2 Å². The van der Waals surface area contributed by atoms with E-state index < -0.39 is 6.04 Å². The number of unbranched alkanes of at least 4 members (excludes halogenated alkanes) is 9. The largest absolute Gasteiger partial charge is 0.508 e. The van der Waals surface area contributed by atoms with Gasteiger partial charge in [-0.2, -0.15) is 0 Å². The van der Waals surface area contributed by atoms with Crippen LogP contribution in [0.5, 0.6) is 5.75 Å². The third-order valence-electron chi connectivity index (χ3n) is 5.28. The Balaban J connectivity index is 1.91. The van der Waals surface area contributed by atoms with Gasteiger partial charge in [0.25, 0.3) is 0 Å². The Morgan fingerprint density at radius 3 is 2.13 bits per heavy atom. The minimum absolute atomic E-state index is 0.206. The fraction of sp³-hybridized carbons (Fsp3) is 0.593. The second kappa shape index (κ2) is 18.7. The lowest BCUT2D eigenvalue weighted by molar-refractivity contribution is -0.145. The van der Waals surface area contributed by atoms with E-state index in [1.807, 2.05) is 0 Å². The highest BCUT2D eigenvalue weighted by atomic mass is 16.5. The number of hydrogen-bond acceptors (Lipinski definition) is 4. The highest BCUT2D eigenvalue weighted by Gasteiger charge is 2.15. The Bertz CT molecular complexity index is 622. The summed E-state index contributed by atoms with van der Waals surface area (Å²) in [4.78, 5) is 12.0. The third kappa shape index (κ3) is 15.4. The summed E-state index contributed by atoms with van der Waals surface area (Å²) in [5.74, 6) is -0.145. The van der Waals surface area contributed by atoms with Crippen LogP contribution < -0.4 is 5.73 Å². The number of ether oxygens (including phenoxy) is 1. The van der Waals surface area contributed by atoms with Gasteiger partial charge in [-0.05, 0) is 62.6 Å². The number of aromatic hydroxyl groups is 1. The molecule has 0 radical (unpaired) electrons. The number of allylic oxidation sites excluding steroid dienone is 4. The molecule has 1 rings (SSSR count). The Kier molecular flexibility index (Phi) is 16.2. The molecule has 3 N–H and O–H groups in total. The lowest BCUT2D eigenvalue weighted by atomic mass is 10.1. The zero-order valence-electron chi connectivity index (χ0n) is 19.4. The normalized spacial score (nSPS) is 12.6. The molecule has 0 aliphatic rings. The number of carbonyl (C=O) groups excluding carboxylic acids is 1. The Morgan fingerprint density at radius 1 is 0.903 bits per heavy atom. The van der Waals surface area contributed by atoms with Gasteiger partial charge in [-0.1, -0.05) is 81.9 Å². The highest BCUT2D eigenvalue weighted by molar-refractivity contribution is 5.75. The molecule has 0 amide bonds. The first-order valence-electron chi connectivity index (χ1n) is 12.1. The summed E-state index contributed by atoms with van der Waals surface area (Å²) in [5, 5.41) is 9.29.